The van der Waals surface area contributed by atoms with Gasteiger partial charge in [-0.15, -0.1) is 0 Å². The Morgan fingerprint density at radius 3 is 2.46 bits per heavy atom. The topological polar surface area (TPSA) is 113 Å². The molecule has 35 heavy (non-hydrogen) atoms. The number of amides is 1. The molecule has 3 heterocycles. The summed E-state index contributed by atoms with van der Waals surface area (Å²) in [5.41, 5.74) is 3.20. The Kier molecular flexibility index (Phi) is 5.70. The van der Waals surface area contributed by atoms with Crippen molar-refractivity contribution in [3.05, 3.63) is 54.0 Å². The minimum absolute atomic E-state index is 0.0663. The lowest BCUT2D eigenvalue weighted by Gasteiger charge is -2.32. The Balaban J connectivity index is 1.23. The van der Waals surface area contributed by atoms with Crippen LogP contribution in [0.25, 0.3) is 11.3 Å². The number of carboxylic acids is 1. The van der Waals surface area contributed by atoms with Crippen molar-refractivity contribution in [2.45, 2.75) is 38.2 Å². The Hall–Kier alpha value is -3.89. The van der Waals surface area contributed by atoms with Gasteiger partial charge in [0, 0.05) is 37.5 Å². The van der Waals surface area contributed by atoms with Gasteiger partial charge < -0.3 is 15.3 Å². The first kappa shape index (κ1) is 22.9. The Morgan fingerprint density at radius 1 is 1.14 bits per heavy atom. The van der Waals surface area contributed by atoms with Crippen LogP contribution in [0, 0.1) is 12.8 Å². The maximum atomic E-state index is 13.2. The van der Waals surface area contributed by atoms with Crippen LogP contribution in [0.5, 0.6) is 0 Å². The molecule has 2 aliphatic rings. The largest absolute Gasteiger partial charge is 0.478 e. The summed E-state index contributed by atoms with van der Waals surface area (Å²) in [6.45, 7) is 2.75. The number of nitrogens with one attached hydrogen (secondary N) is 1. The van der Waals surface area contributed by atoms with Crippen molar-refractivity contribution in [2.24, 2.45) is 5.92 Å². The predicted octanol–water partition coefficient (Wildman–Crippen LogP) is 3.91. The molecule has 9 nitrogen and oxygen atoms in total. The van der Waals surface area contributed by atoms with Crippen molar-refractivity contribution >= 4 is 23.5 Å². The smallest absolute Gasteiger partial charge is 0.335 e. The third-order valence-electron chi connectivity index (χ3n) is 6.51. The Bertz CT molecular complexity index is 1270. The van der Waals surface area contributed by atoms with Gasteiger partial charge in [-0.3, -0.25) is 9.48 Å². The number of alkyl halides is 2. The number of aromatic nitrogens is 4. The van der Waals surface area contributed by atoms with Crippen molar-refractivity contribution in [3.63, 3.8) is 0 Å². The van der Waals surface area contributed by atoms with Gasteiger partial charge in [0.1, 0.15) is 5.92 Å². The molecule has 1 saturated heterocycles. The number of aryl methyl sites for hydroxylation is 1. The van der Waals surface area contributed by atoms with Crippen LogP contribution < -0.4 is 5.32 Å². The monoisotopic (exact) mass is 482 g/mol. The number of carbonyl (C=O) groups is 2. The zero-order valence-corrected chi connectivity index (χ0v) is 19.0. The maximum Gasteiger partial charge on any atom is 0.335 e. The lowest BCUT2D eigenvalue weighted by molar-refractivity contribution is -0.136. The summed E-state index contributed by atoms with van der Waals surface area (Å²) >= 11 is 0. The van der Waals surface area contributed by atoms with Crippen LogP contribution in [0.2, 0.25) is 0 Å². The molecular formula is C24H24F2N6O3. The van der Waals surface area contributed by atoms with Crippen molar-refractivity contribution in [1.29, 1.82) is 0 Å². The van der Waals surface area contributed by atoms with Gasteiger partial charge in [-0.25, -0.2) is 23.5 Å². The molecule has 1 saturated carbocycles. The molecule has 1 aliphatic heterocycles. The number of piperidine rings is 1. The van der Waals surface area contributed by atoms with Gasteiger partial charge in [-0.05, 0) is 37.5 Å². The molecule has 1 aliphatic carbocycles. The van der Waals surface area contributed by atoms with Crippen LogP contribution in [-0.2, 0) is 4.79 Å². The van der Waals surface area contributed by atoms with Gasteiger partial charge in [0.2, 0.25) is 11.9 Å². The highest BCUT2D eigenvalue weighted by atomic mass is 19.3. The lowest BCUT2D eigenvalue weighted by Crippen LogP contribution is -2.40. The molecule has 2 fully saturated rings. The third-order valence-corrected chi connectivity index (χ3v) is 6.51. The highest BCUT2D eigenvalue weighted by Crippen LogP contribution is 2.49. The number of aromatic carboxylic acids is 1. The summed E-state index contributed by atoms with van der Waals surface area (Å²) in [6.07, 6.45) is 6.13. The fourth-order valence-electron chi connectivity index (χ4n) is 4.35. The summed E-state index contributed by atoms with van der Waals surface area (Å²) in [5.74, 6) is -5.04. The second kappa shape index (κ2) is 8.71. The number of rotatable bonds is 6. The number of anilines is 2. The van der Waals surface area contributed by atoms with Crippen LogP contribution in [0.1, 0.15) is 41.2 Å². The van der Waals surface area contributed by atoms with Crippen LogP contribution in [0.15, 0.2) is 42.9 Å². The van der Waals surface area contributed by atoms with Gasteiger partial charge in [0.15, 0.2) is 0 Å². The van der Waals surface area contributed by atoms with Gasteiger partial charge in [-0.1, -0.05) is 12.1 Å². The quantitative estimate of drug-likeness (QED) is 0.548. The van der Waals surface area contributed by atoms with E-state index in [4.69, 9.17) is 5.11 Å². The number of hydrogen-bond donors (Lipinski definition) is 2. The molecular weight excluding hydrogens is 458 g/mol. The molecule has 1 aromatic carbocycles. The predicted molar refractivity (Wildman–Crippen MR) is 123 cm³/mol. The molecule has 1 atom stereocenters. The summed E-state index contributed by atoms with van der Waals surface area (Å²) in [5, 5.41) is 16.7. The van der Waals surface area contributed by atoms with E-state index in [9.17, 15) is 18.4 Å². The van der Waals surface area contributed by atoms with E-state index in [2.05, 4.69) is 20.4 Å². The van der Waals surface area contributed by atoms with E-state index < -0.39 is 23.7 Å². The fourth-order valence-corrected chi connectivity index (χ4v) is 4.35. The standard InChI is InChI=1S/C24H24F2N6O3/c1-14-11-27-23(30-20(14)15-2-4-16(5-3-15)22(34)35)29-17-12-28-32(13-17)18-6-8-31(9-7-18)21(33)19-10-24(19,25)26/h2-5,11-13,18-19H,6-10H2,1H3,(H,34,35)(H,27,29,30). The normalized spacial score (nSPS) is 19.4. The average Bonchev–Trinajstić information content (AvgIpc) is 3.25. The number of likely N-dealkylation sites (tertiary alicyclic amines) is 1. The zero-order chi connectivity index (χ0) is 24.7. The highest BCUT2D eigenvalue weighted by molar-refractivity contribution is 5.88. The van der Waals surface area contributed by atoms with Crippen LogP contribution in [0.3, 0.4) is 0 Å². The number of carbonyl (C=O) groups excluding carboxylic acids is 1. The van der Waals surface area contributed by atoms with Crippen molar-refractivity contribution in [2.75, 3.05) is 18.4 Å². The summed E-state index contributed by atoms with van der Waals surface area (Å²) in [6, 6.07) is 6.55. The molecule has 2 N–H and O–H groups in total. The second-order valence-electron chi connectivity index (χ2n) is 9.02. The number of nitrogens with zero attached hydrogens (tertiary/aromatic N) is 5. The van der Waals surface area contributed by atoms with Crippen molar-refractivity contribution < 1.29 is 23.5 Å². The van der Waals surface area contributed by atoms with Crippen LogP contribution in [0.4, 0.5) is 20.4 Å². The van der Waals surface area contributed by atoms with E-state index in [1.54, 1.807) is 24.5 Å². The van der Waals surface area contributed by atoms with Gasteiger partial charge >= 0.3 is 5.97 Å². The van der Waals surface area contributed by atoms with E-state index in [1.165, 1.54) is 17.0 Å². The second-order valence-corrected chi connectivity index (χ2v) is 9.02. The fraction of sp³-hybridized carbons (Fsp3) is 0.375. The molecule has 1 unspecified atom stereocenters. The molecule has 0 spiro atoms. The third kappa shape index (κ3) is 4.71. The summed E-state index contributed by atoms with van der Waals surface area (Å²) in [7, 11) is 0. The maximum absolute atomic E-state index is 13.2. The Labute approximate surface area is 199 Å². The van der Waals surface area contributed by atoms with Crippen molar-refractivity contribution in [3.8, 4) is 11.3 Å². The molecule has 182 valence electrons. The van der Waals surface area contributed by atoms with E-state index in [0.717, 1.165) is 11.1 Å². The molecule has 3 aromatic rings. The zero-order valence-electron chi connectivity index (χ0n) is 19.0. The number of hydrogen-bond acceptors (Lipinski definition) is 6. The first-order chi connectivity index (χ1) is 16.7. The number of carboxylic acid groups (broad SMARTS) is 1. The summed E-state index contributed by atoms with van der Waals surface area (Å²) in [4.78, 5) is 33.8. The highest BCUT2D eigenvalue weighted by Gasteiger charge is 2.62. The molecule has 1 amide bonds. The van der Waals surface area contributed by atoms with E-state index >= 15 is 0 Å². The summed E-state index contributed by atoms with van der Waals surface area (Å²) < 4.78 is 28.2. The van der Waals surface area contributed by atoms with Crippen LogP contribution >= 0.6 is 0 Å². The molecule has 5 rings (SSSR count). The minimum Gasteiger partial charge on any atom is -0.478 e. The van der Waals surface area contributed by atoms with Gasteiger partial charge in [0.05, 0.1) is 29.2 Å². The first-order valence-electron chi connectivity index (χ1n) is 11.4. The number of benzene rings is 1. The molecule has 0 radical (unpaired) electrons. The molecule has 11 heteroatoms. The van der Waals surface area contributed by atoms with E-state index in [-0.39, 0.29) is 18.0 Å². The Morgan fingerprint density at radius 2 is 1.83 bits per heavy atom. The van der Waals surface area contributed by atoms with Crippen LogP contribution in [-0.4, -0.2) is 60.6 Å². The van der Waals surface area contributed by atoms with E-state index in [0.29, 0.717) is 43.3 Å². The first-order valence-corrected chi connectivity index (χ1v) is 11.4. The van der Waals surface area contributed by atoms with Crippen molar-refractivity contribution in [1.82, 2.24) is 24.6 Å². The number of halogens is 2. The SMILES string of the molecule is Cc1cnc(Nc2cnn(C3CCN(C(=O)C4CC4(F)F)CC3)c2)nc1-c1ccc(C(=O)O)cc1. The minimum atomic E-state index is -2.84. The van der Waals surface area contributed by atoms with Gasteiger partial charge in [-0.2, -0.15) is 5.10 Å². The molecule has 0 bridgehead atoms. The lowest BCUT2D eigenvalue weighted by atomic mass is 10.0. The van der Waals surface area contributed by atoms with Gasteiger partial charge in [0.25, 0.3) is 5.92 Å². The van der Waals surface area contributed by atoms with E-state index in [1.807, 2.05) is 17.8 Å². The molecule has 2 aromatic heterocycles. The average molecular weight is 482 g/mol.